The van der Waals surface area contributed by atoms with E-state index >= 15 is 0 Å². The number of nitrogens with zero attached hydrogens (tertiary/aromatic N) is 1. The molecule has 0 saturated carbocycles. The summed E-state index contributed by atoms with van der Waals surface area (Å²) >= 11 is 0. The van der Waals surface area contributed by atoms with Gasteiger partial charge in [0.2, 0.25) is 0 Å². The summed E-state index contributed by atoms with van der Waals surface area (Å²) in [6, 6.07) is 0.987. The zero-order valence-corrected chi connectivity index (χ0v) is 10.2. The van der Waals surface area contributed by atoms with Crippen molar-refractivity contribution in [2.45, 2.75) is 58.0 Å². The van der Waals surface area contributed by atoms with Gasteiger partial charge in [0.25, 0.3) is 0 Å². The molecule has 0 radical (unpaired) electrons. The summed E-state index contributed by atoms with van der Waals surface area (Å²) in [4.78, 5) is 13.8. The molecular formula is C12H23NO2. The number of methoxy groups -OCH3 is 1. The zero-order valence-electron chi connectivity index (χ0n) is 10.2. The number of carbonyl (C=O) groups is 1. The maximum atomic E-state index is 11.3. The van der Waals surface area contributed by atoms with Crippen LogP contribution < -0.4 is 0 Å². The first-order valence-electron chi connectivity index (χ1n) is 6.01. The van der Waals surface area contributed by atoms with E-state index in [1.54, 1.807) is 0 Å². The summed E-state index contributed by atoms with van der Waals surface area (Å²) in [5.74, 6) is -0.0739. The second-order valence-corrected chi connectivity index (χ2v) is 4.42. The third kappa shape index (κ3) is 3.49. The van der Waals surface area contributed by atoms with Gasteiger partial charge in [-0.2, -0.15) is 0 Å². The minimum Gasteiger partial charge on any atom is -0.469 e. The van der Waals surface area contributed by atoms with Crippen molar-refractivity contribution in [3.63, 3.8) is 0 Å². The molecule has 2 unspecified atom stereocenters. The highest BCUT2D eigenvalue weighted by molar-refractivity contribution is 5.69. The van der Waals surface area contributed by atoms with Crippen molar-refractivity contribution in [2.75, 3.05) is 13.7 Å². The monoisotopic (exact) mass is 213 g/mol. The summed E-state index contributed by atoms with van der Waals surface area (Å²) in [5.41, 5.74) is 0. The molecule has 3 heteroatoms. The molecule has 0 N–H and O–H groups in total. The van der Waals surface area contributed by atoms with Crippen LogP contribution in [0.25, 0.3) is 0 Å². The highest BCUT2D eigenvalue weighted by atomic mass is 16.5. The average Bonchev–Trinajstić information content (AvgIpc) is 2.28. The van der Waals surface area contributed by atoms with Gasteiger partial charge in [0.1, 0.15) is 0 Å². The van der Waals surface area contributed by atoms with Crippen LogP contribution in [-0.2, 0) is 9.53 Å². The first-order chi connectivity index (χ1) is 7.19. The Morgan fingerprint density at radius 1 is 1.53 bits per heavy atom. The molecule has 1 aliphatic heterocycles. The lowest BCUT2D eigenvalue weighted by Gasteiger charge is -2.39. The zero-order chi connectivity index (χ0) is 11.3. The van der Waals surface area contributed by atoms with Crippen LogP contribution in [0.5, 0.6) is 0 Å². The highest BCUT2D eigenvalue weighted by Gasteiger charge is 2.27. The maximum absolute atomic E-state index is 11.3. The van der Waals surface area contributed by atoms with Crippen LogP contribution in [0.4, 0.5) is 0 Å². The fourth-order valence-corrected chi connectivity index (χ4v) is 2.33. The van der Waals surface area contributed by atoms with E-state index in [1.807, 2.05) is 0 Å². The molecule has 0 aromatic carbocycles. The number of ether oxygens (including phenoxy) is 1. The first-order valence-corrected chi connectivity index (χ1v) is 6.01. The molecule has 0 spiro atoms. The van der Waals surface area contributed by atoms with E-state index in [4.69, 9.17) is 4.74 Å². The summed E-state index contributed by atoms with van der Waals surface area (Å²) in [7, 11) is 1.47. The van der Waals surface area contributed by atoms with Gasteiger partial charge in [-0.25, -0.2) is 0 Å². The maximum Gasteiger partial charge on any atom is 0.307 e. The van der Waals surface area contributed by atoms with Gasteiger partial charge >= 0.3 is 5.97 Å². The molecule has 1 fully saturated rings. The van der Waals surface area contributed by atoms with Crippen LogP contribution in [0.1, 0.15) is 46.0 Å². The Kier molecular flexibility index (Phi) is 5.09. The molecule has 0 aromatic heterocycles. The predicted molar refractivity (Wildman–Crippen MR) is 60.7 cm³/mol. The predicted octanol–water partition coefficient (Wildman–Crippen LogP) is 2.20. The minimum atomic E-state index is -0.0739. The molecule has 1 aliphatic rings. The highest BCUT2D eigenvalue weighted by Crippen LogP contribution is 2.23. The summed E-state index contributed by atoms with van der Waals surface area (Å²) in [6.45, 7) is 5.58. The van der Waals surface area contributed by atoms with Crippen molar-refractivity contribution in [2.24, 2.45) is 0 Å². The molecule has 0 aliphatic carbocycles. The number of carbonyl (C=O) groups excluding carboxylic acids is 1. The van der Waals surface area contributed by atoms with Gasteiger partial charge in [0.15, 0.2) is 0 Å². The Balaban J connectivity index is 2.53. The SMILES string of the molecule is CCC(C)N1CCCCC1CC(=O)OC. The van der Waals surface area contributed by atoms with Crippen molar-refractivity contribution in [3.8, 4) is 0 Å². The molecule has 88 valence electrons. The Morgan fingerprint density at radius 2 is 2.27 bits per heavy atom. The third-order valence-corrected chi connectivity index (χ3v) is 3.46. The van der Waals surface area contributed by atoms with E-state index in [0.29, 0.717) is 18.5 Å². The Labute approximate surface area is 92.8 Å². The van der Waals surface area contributed by atoms with E-state index in [2.05, 4.69) is 18.7 Å². The van der Waals surface area contributed by atoms with E-state index in [-0.39, 0.29) is 5.97 Å². The van der Waals surface area contributed by atoms with Gasteiger partial charge in [-0.05, 0) is 32.7 Å². The Morgan fingerprint density at radius 3 is 2.87 bits per heavy atom. The minimum absolute atomic E-state index is 0.0739. The van der Waals surface area contributed by atoms with Crippen LogP contribution in [0, 0.1) is 0 Å². The van der Waals surface area contributed by atoms with Crippen molar-refractivity contribution in [1.82, 2.24) is 4.90 Å². The van der Waals surface area contributed by atoms with Crippen LogP contribution in [-0.4, -0.2) is 36.6 Å². The van der Waals surface area contributed by atoms with E-state index in [1.165, 1.54) is 20.0 Å². The van der Waals surface area contributed by atoms with Crippen LogP contribution >= 0.6 is 0 Å². The van der Waals surface area contributed by atoms with Crippen LogP contribution in [0.15, 0.2) is 0 Å². The number of likely N-dealkylation sites (tertiary alicyclic amines) is 1. The number of hydrogen-bond donors (Lipinski definition) is 0. The normalized spacial score (nSPS) is 24.9. The fraction of sp³-hybridized carbons (Fsp3) is 0.917. The molecule has 2 atom stereocenters. The van der Waals surface area contributed by atoms with E-state index in [0.717, 1.165) is 19.4 Å². The average molecular weight is 213 g/mol. The Bertz CT molecular complexity index is 206. The number of rotatable bonds is 4. The second kappa shape index (κ2) is 6.11. The quantitative estimate of drug-likeness (QED) is 0.670. The topological polar surface area (TPSA) is 29.5 Å². The van der Waals surface area contributed by atoms with Crippen molar-refractivity contribution >= 4 is 5.97 Å². The summed E-state index contributed by atoms with van der Waals surface area (Å²) < 4.78 is 4.75. The summed E-state index contributed by atoms with van der Waals surface area (Å²) in [6.07, 6.45) is 5.36. The van der Waals surface area contributed by atoms with E-state index in [9.17, 15) is 4.79 Å². The van der Waals surface area contributed by atoms with Crippen molar-refractivity contribution in [3.05, 3.63) is 0 Å². The molecule has 1 heterocycles. The van der Waals surface area contributed by atoms with Gasteiger partial charge in [0.05, 0.1) is 13.5 Å². The number of hydrogen-bond acceptors (Lipinski definition) is 3. The Hall–Kier alpha value is -0.570. The molecule has 0 amide bonds. The number of esters is 1. The van der Waals surface area contributed by atoms with Gasteiger partial charge < -0.3 is 4.74 Å². The van der Waals surface area contributed by atoms with Crippen molar-refractivity contribution < 1.29 is 9.53 Å². The third-order valence-electron chi connectivity index (χ3n) is 3.46. The lowest BCUT2D eigenvalue weighted by Crippen LogP contribution is -2.45. The lowest BCUT2D eigenvalue weighted by atomic mass is 9.97. The molecule has 1 rings (SSSR count). The molecule has 15 heavy (non-hydrogen) atoms. The molecule has 0 aromatic rings. The molecule has 0 bridgehead atoms. The molecular weight excluding hydrogens is 190 g/mol. The first kappa shape index (κ1) is 12.5. The van der Waals surface area contributed by atoms with Gasteiger partial charge in [-0.15, -0.1) is 0 Å². The van der Waals surface area contributed by atoms with Gasteiger partial charge in [-0.1, -0.05) is 13.3 Å². The smallest absolute Gasteiger partial charge is 0.307 e. The van der Waals surface area contributed by atoms with Gasteiger partial charge in [-0.3, -0.25) is 9.69 Å². The van der Waals surface area contributed by atoms with E-state index < -0.39 is 0 Å². The van der Waals surface area contributed by atoms with Crippen LogP contribution in [0.2, 0.25) is 0 Å². The second-order valence-electron chi connectivity index (χ2n) is 4.42. The number of piperidine rings is 1. The van der Waals surface area contributed by atoms with Crippen molar-refractivity contribution in [1.29, 1.82) is 0 Å². The largest absolute Gasteiger partial charge is 0.469 e. The molecule has 1 saturated heterocycles. The summed E-state index contributed by atoms with van der Waals surface area (Å²) in [5, 5.41) is 0. The van der Waals surface area contributed by atoms with Gasteiger partial charge in [0, 0.05) is 12.1 Å². The lowest BCUT2D eigenvalue weighted by molar-refractivity contribution is -0.142. The fourth-order valence-electron chi connectivity index (χ4n) is 2.33. The standard InChI is InChI=1S/C12H23NO2/c1-4-10(2)13-8-6-5-7-11(13)9-12(14)15-3/h10-11H,4-9H2,1-3H3. The van der Waals surface area contributed by atoms with Crippen LogP contribution in [0.3, 0.4) is 0 Å². The molecule has 3 nitrogen and oxygen atoms in total.